The lowest BCUT2D eigenvalue weighted by Crippen LogP contribution is -2.38. The third kappa shape index (κ3) is 1.94. The molecule has 2 aliphatic rings. The van der Waals surface area contributed by atoms with Crippen molar-refractivity contribution in [3.05, 3.63) is 25.0 Å². The molecule has 1 aromatic rings. The second kappa shape index (κ2) is 4.76. The first-order valence-corrected chi connectivity index (χ1v) is 6.92. The molecule has 3 unspecified atom stereocenters. The van der Waals surface area contributed by atoms with Gasteiger partial charge in [0, 0.05) is 38.1 Å². The predicted octanol–water partition coefficient (Wildman–Crippen LogP) is 1.63. The molecule has 0 radical (unpaired) electrons. The largest absolute Gasteiger partial charge is 0.342 e. The molecule has 1 aliphatic carbocycles. The fourth-order valence-corrected chi connectivity index (χ4v) is 3.55. The number of hydrogen-bond acceptors (Lipinski definition) is 3. The molecule has 98 valence electrons. The molecule has 1 saturated heterocycles. The third-order valence-corrected chi connectivity index (χ3v) is 4.46. The Kier molecular flexibility index (Phi) is 3.12. The van der Waals surface area contributed by atoms with E-state index in [4.69, 9.17) is 5.73 Å². The zero-order valence-corrected chi connectivity index (χ0v) is 10.8. The molecule has 2 N–H and O–H groups in total. The van der Waals surface area contributed by atoms with E-state index in [1.807, 2.05) is 18.5 Å². The predicted molar refractivity (Wildman–Crippen MR) is 73.4 cm³/mol. The van der Waals surface area contributed by atoms with Gasteiger partial charge in [0.1, 0.15) is 0 Å². The lowest BCUT2D eigenvalue weighted by molar-refractivity contribution is 0.260. The van der Waals surface area contributed by atoms with Crippen LogP contribution in [0.25, 0.3) is 0 Å². The van der Waals surface area contributed by atoms with Gasteiger partial charge in [-0.25, -0.2) is 4.98 Å². The Morgan fingerprint density at radius 3 is 3.11 bits per heavy atom. The number of hydrogen-bond donors (Lipinski definition) is 1. The summed E-state index contributed by atoms with van der Waals surface area (Å²) in [5.41, 5.74) is 6.26. The summed E-state index contributed by atoms with van der Waals surface area (Å²) in [6.45, 7) is 6.81. The van der Waals surface area contributed by atoms with Gasteiger partial charge in [-0.05, 0) is 24.7 Å². The summed E-state index contributed by atoms with van der Waals surface area (Å²) < 4.78 is 2.16. The monoisotopic (exact) mass is 246 g/mol. The van der Waals surface area contributed by atoms with E-state index >= 15 is 0 Å². The van der Waals surface area contributed by atoms with Crippen molar-refractivity contribution in [3.8, 4) is 0 Å². The molecule has 0 bridgehead atoms. The Balaban J connectivity index is 1.78. The molecule has 4 nitrogen and oxygen atoms in total. The van der Waals surface area contributed by atoms with Gasteiger partial charge in [0.15, 0.2) is 0 Å². The van der Waals surface area contributed by atoms with Gasteiger partial charge in [-0.3, -0.25) is 0 Å². The van der Waals surface area contributed by atoms with Crippen LogP contribution in [0, 0.1) is 11.8 Å². The standard InChI is InChI=1S/C14H22N4/c1-2-7-17-8-6-16-14(17)18-9-11-4-3-5-13(15)12(11)10-18/h2,6,8,11-13H,1,3-5,7,9-10,15H2. The maximum atomic E-state index is 6.26. The number of allylic oxidation sites excluding steroid dienone is 1. The normalized spacial score (nSPS) is 31.4. The van der Waals surface area contributed by atoms with Crippen molar-refractivity contribution in [2.75, 3.05) is 18.0 Å². The average Bonchev–Trinajstić information content (AvgIpc) is 2.95. The second-order valence-corrected chi connectivity index (χ2v) is 5.59. The lowest BCUT2D eigenvalue weighted by atomic mass is 9.78. The van der Waals surface area contributed by atoms with Crippen molar-refractivity contribution in [2.45, 2.75) is 31.8 Å². The Labute approximate surface area is 108 Å². The van der Waals surface area contributed by atoms with Crippen molar-refractivity contribution < 1.29 is 0 Å². The van der Waals surface area contributed by atoms with Crippen molar-refractivity contribution in [3.63, 3.8) is 0 Å². The minimum Gasteiger partial charge on any atom is -0.342 e. The number of anilines is 1. The first kappa shape index (κ1) is 11.8. The number of aromatic nitrogens is 2. The van der Waals surface area contributed by atoms with Crippen LogP contribution in [-0.2, 0) is 6.54 Å². The summed E-state index contributed by atoms with van der Waals surface area (Å²) in [5.74, 6) is 2.51. The van der Waals surface area contributed by atoms with Crippen molar-refractivity contribution in [1.82, 2.24) is 9.55 Å². The number of nitrogens with two attached hydrogens (primary N) is 1. The van der Waals surface area contributed by atoms with Gasteiger partial charge in [-0.2, -0.15) is 0 Å². The summed E-state index contributed by atoms with van der Waals surface area (Å²) in [7, 11) is 0. The number of rotatable bonds is 3. The molecular formula is C14H22N4. The van der Waals surface area contributed by atoms with Crippen LogP contribution in [0.15, 0.2) is 25.0 Å². The minimum atomic E-state index is 0.386. The third-order valence-electron chi connectivity index (χ3n) is 4.46. The zero-order valence-electron chi connectivity index (χ0n) is 10.8. The molecule has 2 heterocycles. The van der Waals surface area contributed by atoms with E-state index in [-0.39, 0.29) is 0 Å². The van der Waals surface area contributed by atoms with Crippen LogP contribution in [0.4, 0.5) is 5.95 Å². The van der Waals surface area contributed by atoms with Gasteiger partial charge >= 0.3 is 0 Å². The first-order valence-electron chi connectivity index (χ1n) is 6.92. The Hall–Kier alpha value is -1.29. The van der Waals surface area contributed by atoms with Crippen LogP contribution < -0.4 is 10.6 Å². The highest BCUT2D eigenvalue weighted by Crippen LogP contribution is 2.37. The summed E-state index contributed by atoms with van der Waals surface area (Å²) in [6, 6.07) is 0.386. The molecule has 1 aromatic heterocycles. The smallest absolute Gasteiger partial charge is 0.205 e. The molecule has 4 heteroatoms. The van der Waals surface area contributed by atoms with Gasteiger partial charge in [0.05, 0.1) is 0 Å². The molecule has 1 saturated carbocycles. The molecule has 3 atom stereocenters. The molecule has 0 aromatic carbocycles. The van der Waals surface area contributed by atoms with E-state index in [1.165, 1.54) is 19.3 Å². The molecule has 3 rings (SSSR count). The van der Waals surface area contributed by atoms with Crippen molar-refractivity contribution >= 4 is 5.95 Å². The van der Waals surface area contributed by atoms with Gasteiger partial charge in [0.2, 0.25) is 5.95 Å². The summed E-state index contributed by atoms with van der Waals surface area (Å²) in [6.07, 6.45) is 9.63. The molecule has 0 spiro atoms. The lowest BCUT2D eigenvalue weighted by Gasteiger charge is -2.29. The molecule has 2 fully saturated rings. The van der Waals surface area contributed by atoms with Gasteiger partial charge < -0.3 is 15.2 Å². The van der Waals surface area contributed by atoms with Crippen LogP contribution in [0.3, 0.4) is 0 Å². The topological polar surface area (TPSA) is 47.1 Å². The SMILES string of the molecule is C=CCn1ccnc1N1CC2CCCC(N)C2C1. The van der Waals surface area contributed by atoms with E-state index < -0.39 is 0 Å². The van der Waals surface area contributed by atoms with E-state index in [2.05, 4.69) is 21.0 Å². The molecule has 0 amide bonds. The van der Waals surface area contributed by atoms with Gasteiger partial charge in [-0.15, -0.1) is 6.58 Å². The van der Waals surface area contributed by atoms with E-state index in [0.29, 0.717) is 12.0 Å². The summed E-state index contributed by atoms with van der Waals surface area (Å²) in [5, 5.41) is 0. The average molecular weight is 246 g/mol. The molecule has 18 heavy (non-hydrogen) atoms. The van der Waals surface area contributed by atoms with Gasteiger partial charge in [-0.1, -0.05) is 12.5 Å². The molecular weight excluding hydrogens is 224 g/mol. The van der Waals surface area contributed by atoms with Gasteiger partial charge in [0.25, 0.3) is 0 Å². The maximum absolute atomic E-state index is 6.26. The fraction of sp³-hybridized carbons (Fsp3) is 0.643. The van der Waals surface area contributed by atoms with Crippen LogP contribution in [0.1, 0.15) is 19.3 Å². The second-order valence-electron chi connectivity index (χ2n) is 5.59. The Morgan fingerprint density at radius 2 is 2.33 bits per heavy atom. The van der Waals surface area contributed by atoms with Crippen molar-refractivity contribution in [2.24, 2.45) is 17.6 Å². The zero-order chi connectivity index (χ0) is 12.5. The van der Waals surface area contributed by atoms with Crippen LogP contribution in [-0.4, -0.2) is 28.7 Å². The van der Waals surface area contributed by atoms with E-state index in [9.17, 15) is 0 Å². The fourth-order valence-electron chi connectivity index (χ4n) is 3.55. The summed E-state index contributed by atoms with van der Waals surface area (Å²) in [4.78, 5) is 6.91. The quantitative estimate of drug-likeness (QED) is 0.825. The minimum absolute atomic E-state index is 0.386. The highest BCUT2D eigenvalue weighted by Gasteiger charge is 2.39. The van der Waals surface area contributed by atoms with Crippen molar-refractivity contribution in [1.29, 1.82) is 0 Å². The Morgan fingerprint density at radius 1 is 1.44 bits per heavy atom. The van der Waals surface area contributed by atoms with Crippen LogP contribution in [0.5, 0.6) is 0 Å². The highest BCUT2D eigenvalue weighted by atomic mass is 15.3. The summed E-state index contributed by atoms with van der Waals surface area (Å²) >= 11 is 0. The van der Waals surface area contributed by atoms with E-state index in [0.717, 1.165) is 31.5 Å². The van der Waals surface area contributed by atoms with Crippen LogP contribution in [0.2, 0.25) is 0 Å². The number of nitrogens with zero attached hydrogens (tertiary/aromatic N) is 3. The maximum Gasteiger partial charge on any atom is 0.205 e. The van der Waals surface area contributed by atoms with E-state index in [1.54, 1.807) is 0 Å². The van der Waals surface area contributed by atoms with Crippen LogP contribution >= 0.6 is 0 Å². The molecule has 1 aliphatic heterocycles. The first-order chi connectivity index (χ1) is 8.79. The number of imidazole rings is 1. The number of fused-ring (bicyclic) bond motifs is 1. The Bertz CT molecular complexity index is 425. The highest BCUT2D eigenvalue weighted by molar-refractivity contribution is 5.34.